The third-order valence-corrected chi connectivity index (χ3v) is 3.10. The number of aromatic nitrogens is 2. The highest BCUT2D eigenvalue weighted by molar-refractivity contribution is 5.27. The number of hydrogen-bond acceptors (Lipinski definition) is 3. The van der Waals surface area contributed by atoms with Gasteiger partial charge in [0.1, 0.15) is 5.75 Å². The van der Waals surface area contributed by atoms with Gasteiger partial charge in [0.15, 0.2) is 0 Å². The number of nitrogens with one attached hydrogen (secondary N) is 2. The molecule has 4 nitrogen and oxygen atoms in total. The average Bonchev–Trinajstić information content (AvgIpc) is 2.93. The first-order valence-corrected chi connectivity index (χ1v) is 7.14. The first kappa shape index (κ1) is 14.6. The van der Waals surface area contributed by atoms with E-state index in [1.807, 2.05) is 24.5 Å². The molecular weight excluding hydrogens is 250 g/mol. The Morgan fingerprint density at radius 3 is 2.55 bits per heavy atom. The molecule has 0 amide bonds. The van der Waals surface area contributed by atoms with Crippen LogP contribution in [0.3, 0.4) is 0 Å². The summed E-state index contributed by atoms with van der Waals surface area (Å²) in [7, 11) is 0. The zero-order valence-corrected chi connectivity index (χ0v) is 12.2. The summed E-state index contributed by atoms with van der Waals surface area (Å²) in [6.45, 7) is 6.87. The van der Waals surface area contributed by atoms with E-state index in [-0.39, 0.29) is 0 Å². The number of H-pyrrole nitrogens is 1. The van der Waals surface area contributed by atoms with Gasteiger partial charge in [-0.3, -0.25) is 5.10 Å². The molecule has 0 saturated carbocycles. The average molecular weight is 273 g/mol. The maximum atomic E-state index is 5.70. The second-order valence-electron chi connectivity index (χ2n) is 5.39. The minimum Gasteiger partial charge on any atom is -0.494 e. The van der Waals surface area contributed by atoms with Gasteiger partial charge in [-0.1, -0.05) is 26.0 Å². The fraction of sp³-hybridized carbons (Fsp3) is 0.438. The summed E-state index contributed by atoms with van der Waals surface area (Å²) in [6, 6.07) is 8.28. The van der Waals surface area contributed by atoms with Crippen LogP contribution in [0.5, 0.6) is 5.75 Å². The van der Waals surface area contributed by atoms with Crippen molar-refractivity contribution in [2.24, 2.45) is 5.92 Å². The topological polar surface area (TPSA) is 49.9 Å². The highest BCUT2D eigenvalue weighted by atomic mass is 16.5. The Balaban J connectivity index is 1.71. The molecule has 2 rings (SSSR count). The Kier molecular flexibility index (Phi) is 5.62. The van der Waals surface area contributed by atoms with Crippen LogP contribution in [0.4, 0.5) is 0 Å². The summed E-state index contributed by atoms with van der Waals surface area (Å²) in [5.74, 6) is 1.63. The lowest BCUT2D eigenvalue weighted by molar-refractivity contribution is 0.289. The molecule has 0 unspecified atom stereocenters. The summed E-state index contributed by atoms with van der Waals surface area (Å²) in [6.07, 6.45) is 4.82. The minimum atomic E-state index is 0.682. The fourth-order valence-electron chi connectivity index (χ4n) is 1.84. The van der Waals surface area contributed by atoms with Gasteiger partial charge < -0.3 is 10.1 Å². The van der Waals surface area contributed by atoms with Crippen LogP contribution in [-0.2, 0) is 13.1 Å². The molecule has 2 N–H and O–H groups in total. The monoisotopic (exact) mass is 273 g/mol. The number of aromatic amines is 1. The van der Waals surface area contributed by atoms with Crippen LogP contribution >= 0.6 is 0 Å². The molecule has 0 radical (unpaired) electrons. The molecule has 0 saturated heterocycles. The maximum absolute atomic E-state index is 5.70. The van der Waals surface area contributed by atoms with E-state index in [2.05, 4.69) is 41.5 Å². The van der Waals surface area contributed by atoms with Gasteiger partial charge in [0.05, 0.1) is 12.8 Å². The van der Waals surface area contributed by atoms with Gasteiger partial charge in [0.25, 0.3) is 0 Å². The van der Waals surface area contributed by atoms with E-state index < -0.39 is 0 Å². The molecule has 1 aromatic carbocycles. The smallest absolute Gasteiger partial charge is 0.119 e. The summed E-state index contributed by atoms with van der Waals surface area (Å²) in [5, 5.41) is 10.1. The lowest BCUT2D eigenvalue weighted by Gasteiger charge is -2.09. The van der Waals surface area contributed by atoms with E-state index in [1.54, 1.807) is 0 Å². The number of benzene rings is 1. The molecule has 0 aliphatic rings. The Bertz CT molecular complexity index is 477. The number of hydrogen-bond donors (Lipinski definition) is 2. The zero-order chi connectivity index (χ0) is 14.2. The normalized spacial score (nSPS) is 10.9. The van der Waals surface area contributed by atoms with Gasteiger partial charge in [0, 0.05) is 24.8 Å². The van der Waals surface area contributed by atoms with Crippen molar-refractivity contribution in [2.45, 2.75) is 33.4 Å². The van der Waals surface area contributed by atoms with Crippen LogP contribution in [0.25, 0.3) is 0 Å². The molecule has 108 valence electrons. The summed E-state index contributed by atoms with van der Waals surface area (Å²) >= 11 is 0. The maximum Gasteiger partial charge on any atom is 0.119 e. The lowest BCUT2D eigenvalue weighted by atomic mass is 10.1. The lowest BCUT2D eigenvalue weighted by Crippen LogP contribution is -2.12. The SMILES string of the molecule is CC(C)CCOc1ccc(CNCc2cn[nH]c2)cc1. The molecule has 2 aromatic rings. The molecule has 20 heavy (non-hydrogen) atoms. The minimum absolute atomic E-state index is 0.682. The summed E-state index contributed by atoms with van der Waals surface area (Å²) in [5.41, 5.74) is 2.42. The Morgan fingerprint density at radius 2 is 1.90 bits per heavy atom. The van der Waals surface area contributed by atoms with Crippen LogP contribution in [0, 0.1) is 5.92 Å². The van der Waals surface area contributed by atoms with Gasteiger partial charge >= 0.3 is 0 Å². The van der Waals surface area contributed by atoms with E-state index in [0.717, 1.165) is 31.9 Å². The van der Waals surface area contributed by atoms with Crippen LogP contribution in [-0.4, -0.2) is 16.8 Å². The first-order valence-electron chi connectivity index (χ1n) is 7.14. The summed E-state index contributed by atoms with van der Waals surface area (Å²) in [4.78, 5) is 0. The highest BCUT2D eigenvalue weighted by Crippen LogP contribution is 2.13. The van der Waals surface area contributed by atoms with Gasteiger partial charge in [-0.05, 0) is 30.0 Å². The number of ether oxygens (including phenoxy) is 1. The molecule has 1 heterocycles. The van der Waals surface area contributed by atoms with Crippen LogP contribution in [0.1, 0.15) is 31.4 Å². The molecule has 0 aliphatic heterocycles. The largest absolute Gasteiger partial charge is 0.494 e. The van der Waals surface area contributed by atoms with E-state index >= 15 is 0 Å². The fourth-order valence-corrected chi connectivity index (χ4v) is 1.84. The molecule has 4 heteroatoms. The van der Waals surface area contributed by atoms with Crippen molar-refractivity contribution in [3.8, 4) is 5.75 Å². The predicted molar refractivity (Wildman–Crippen MR) is 80.5 cm³/mol. The van der Waals surface area contributed by atoms with Crippen molar-refractivity contribution in [3.05, 3.63) is 47.8 Å². The van der Waals surface area contributed by atoms with Crippen LogP contribution in [0.15, 0.2) is 36.7 Å². The second kappa shape index (κ2) is 7.70. The van der Waals surface area contributed by atoms with Gasteiger partial charge in [-0.15, -0.1) is 0 Å². The van der Waals surface area contributed by atoms with E-state index in [0.29, 0.717) is 5.92 Å². The number of nitrogens with zero attached hydrogens (tertiary/aromatic N) is 1. The Morgan fingerprint density at radius 1 is 1.15 bits per heavy atom. The van der Waals surface area contributed by atoms with Crippen molar-refractivity contribution in [3.63, 3.8) is 0 Å². The van der Waals surface area contributed by atoms with Crippen molar-refractivity contribution in [2.75, 3.05) is 6.61 Å². The molecular formula is C16H23N3O. The van der Waals surface area contributed by atoms with Crippen LogP contribution in [0.2, 0.25) is 0 Å². The molecule has 1 aromatic heterocycles. The van der Waals surface area contributed by atoms with Gasteiger partial charge in [-0.2, -0.15) is 5.10 Å². The molecule has 0 bridgehead atoms. The van der Waals surface area contributed by atoms with Gasteiger partial charge in [-0.25, -0.2) is 0 Å². The third kappa shape index (κ3) is 5.05. The Hall–Kier alpha value is -1.81. The van der Waals surface area contributed by atoms with E-state index in [1.165, 1.54) is 11.1 Å². The quantitative estimate of drug-likeness (QED) is 0.777. The zero-order valence-electron chi connectivity index (χ0n) is 12.2. The van der Waals surface area contributed by atoms with Crippen molar-refractivity contribution >= 4 is 0 Å². The highest BCUT2D eigenvalue weighted by Gasteiger charge is 1.98. The summed E-state index contributed by atoms with van der Waals surface area (Å²) < 4.78 is 5.70. The van der Waals surface area contributed by atoms with Crippen LogP contribution < -0.4 is 10.1 Å². The second-order valence-corrected chi connectivity index (χ2v) is 5.39. The molecule has 0 spiro atoms. The number of rotatable bonds is 8. The standard InChI is InChI=1S/C16H23N3O/c1-13(2)7-8-20-16-5-3-14(4-6-16)9-17-10-15-11-18-19-12-15/h3-6,11-13,17H,7-10H2,1-2H3,(H,18,19). The molecule has 0 atom stereocenters. The van der Waals surface area contributed by atoms with Gasteiger partial charge in [0.2, 0.25) is 0 Å². The third-order valence-electron chi connectivity index (χ3n) is 3.10. The van der Waals surface area contributed by atoms with Crippen molar-refractivity contribution in [1.29, 1.82) is 0 Å². The van der Waals surface area contributed by atoms with Crippen molar-refractivity contribution < 1.29 is 4.74 Å². The van der Waals surface area contributed by atoms with E-state index in [9.17, 15) is 0 Å². The molecule has 0 aliphatic carbocycles. The first-order chi connectivity index (χ1) is 9.74. The Labute approximate surface area is 120 Å². The van der Waals surface area contributed by atoms with Crippen molar-refractivity contribution in [1.82, 2.24) is 15.5 Å². The predicted octanol–water partition coefficient (Wildman–Crippen LogP) is 3.12. The molecule has 0 fully saturated rings. The van der Waals surface area contributed by atoms with E-state index in [4.69, 9.17) is 4.74 Å².